The molecule has 5 aromatic carbocycles. The number of nitrogens with one attached hydrogen (secondary N) is 1. The van der Waals surface area contributed by atoms with E-state index in [-0.39, 0.29) is 0 Å². The maximum atomic E-state index is 8.49. The van der Waals surface area contributed by atoms with E-state index in [0.29, 0.717) is 0 Å². The number of anilines is 7. The number of hydrogen-bond acceptors (Lipinski definition) is 9. The molecule has 10 nitrogen and oxygen atoms in total. The molecule has 0 saturated heterocycles. The maximum absolute atomic E-state index is 8.49. The van der Waals surface area contributed by atoms with Gasteiger partial charge in [-0.25, -0.2) is 23.5 Å². The van der Waals surface area contributed by atoms with Crippen molar-refractivity contribution in [3.05, 3.63) is 121 Å². The molecule has 0 amide bonds. The third-order valence-corrected chi connectivity index (χ3v) is 11.4. The summed E-state index contributed by atoms with van der Waals surface area (Å²) in [4.78, 5) is 13.7. The smallest absolute Gasteiger partial charge is 0.141 e. The fraction of sp³-hybridized carbons (Fsp3) is 0.444. The van der Waals surface area contributed by atoms with Gasteiger partial charge in [0.05, 0.1) is 0 Å². The van der Waals surface area contributed by atoms with Crippen molar-refractivity contribution < 1.29 is 33.8 Å². The molecule has 0 fully saturated rings. The number of hydrogen-bond donors (Lipinski definition) is 1. The van der Waals surface area contributed by atoms with Crippen molar-refractivity contribution in [3.63, 3.8) is 0 Å². The van der Waals surface area contributed by atoms with Crippen molar-refractivity contribution in [2.45, 2.75) is 107 Å². The summed E-state index contributed by atoms with van der Waals surface area (Å²) in [5.74, 6) is 0. The molecule has 0 radical (unpaired) electrons. The standard InChI is InChI=1S/C54H76N6.ClHO4/c1-9-37-55(38-10-2)45-17-25-49(26-18-45)59(50-27-19-46(20-28-50)56(39-11-3)40-12-4)53-33-35-54(36-34-53)60(51-29-21-47(22-30-51)57(41-13-5)42-14-6)52-31-23-48(24-32-52)58(43-15-7)44-16-8;2-1(3,4)5/h17-36H,9-16,37-44H2,1-8H3;(H,2,3,4,5). The Hall–Kier alpha value is -4.81. The molecule has 5 rings (SSSR count). The second kappa shape index (κ2) is 27.6. The summed E-state index contributed by atoms with van der Waals surface area (Å²) in [6.45, 7) is 26.7. The number of benzene rings is 5. The molecule has 0 aromatic heterocycles. The van der Waals surface area contributed by atoms with Crippen LogP contribution in [0, 0.1) is 10.2 Å². The second-order valence-corrected chi connectivity index (χ2v) is 17.5. The van der Waals surface area contributed by atoms with Crippen molar-refractivity contribution in [2.75, 3.05) is 76.9 Å². The van der Waals surface area contributed by atoms with E-state index in [4.69, 9.17) is 18.6 Å². The van der Waals surface area contributed by atoms with Crippen molar-refractivity contribution in [2.24, 2.45) is 0 Å². The van der Waals surface area contributed by atoms with E-state index in [1.165, 1.54) is 44.7 Å². The minimum Gasteiger partial charge on any atom is -0.372 e. The maximum Gasteiger partial charge on any atom is 0.141 e. The quantitative estimate of drug-likeness (QED) is 0.0581. The molecule has 0 aliphatic carbocycles. The van der Waals surface area contributed by atoms with Crippen molar-refractivity contribution >= 4 is 56.9 Å². The van der Waals surface area contributed by atoms with Crippen LogP contribution in [0.4, 0.5) is 56.9 Å². The molecule has 0 unspecified atom stereocenters. The molecule has 0 aliphatic rings. The van der Waals surface area contributed by atoms with Crippen LogP contribution in [0.1, 0.15) is 107 Å². The lowest BCUT2D eigenvalue weighted by atomic mass is 10.1. The van der Waals surface area contributed by atoms with Gasteiger partial charge in [0.1, 0.15) is 17.1 Å². The highest BCUT2D eigenvalue weighted by Gasteiger charge is 2.22. The van der Waals surface area contributed by atoms with E-state index >= 15 is 0 Å². The first kappa shape index (κ1) is 52.8. The lowest BCUT2D eigenvalue weighted by Gasteiger charge is -2.29. The summed E-state index contributed by atoms with van der Waals surface area (Å²) < 4.78 is 34.0. The number of quaternary nitrogens is 1. The zero-order valence-electron chi connectivity index (χ0n) is 40.6. The van der Waals surface area contributed by atoms with Gasteiger partial charge in [0.15, 0.2) is 0 Å². The molecule has 0 spiro atoms. The van der Waals surface area contributed by atoms with Crippen LogP contribution in [0.15, 0.2) is 121 Å². The minimum atomic E-state index is -4.94. The first-order valence-electron chi connectivity index (χ1n) is 24.2. The Labute approximate surface area is 394 Å². The van der Waals surface area contributed by atoms with Gasteiger partial charge in [0, 0.05) is 129 Å². The van der Waals surface area contributed by atoms with Crippen molar-refractivity contribution in [1.82, 2.24) is 0 Å². The average Bonchev–Trinajstić information content (AvgIpc) is 3.30. The Kier molecular flexibility index (Phi) is 22.4. The third kappa shape index (κ3) is 16.2. The van der Waals surface area contributed by atoms with Crippen LogP contribution in [-0.2, 0) is 0 Å². The molecule has 0 heterocycles. The highest BCUT2D eigenvalue weighted by Crippen LogP contribution is 2.37. The summed E-state index contributed by atoms with van der Waals surface area (Å²) in [7, 11) is -4.94. The molecule has 1 N–H and O–H groups in total. The molecule has 5 aromatic rings. The monoisotopic (exact) mass is 909 g/mol. The largest absolute Gasteiger partial charge is 0.372 e. The van der Waals surface area contributed by atoms with E-state index in [1.54, 1.807) is 0 Å². The first-order chi connectivity index (χ1) is 31.4. The fourth-order valence-electron chi connectivity index (χ4n) is 8.67. The predicted octanol–water partition coefficient (Wildman–Crippen LogP) is 9.09. The molecule has 65 heavy (non-hydrogen) atoms. The number of nitrogens with zero attached hydrogens (tertiary/aromatic N) is 5. The normalized spacial score (nSPS) is 11.3. The molecule has 0 saturated carbocycles. The molecule has 0 aliphatic heterocycles. The zero-order chi connectivity index (χ0) is 47.2. The van der Waals surface area contributed by atoms with Gasteiger partial charge in [0.25, 0.3) is 0 Å². The van der Waals surface area contributed by atoms with Gasteiger partial charge in [-0.2, -0.15) is 0 Å². The Morgan fingerprint density at radius 3 is 0.631 bits per heavy atom. The van der Waals surface area contributed by atoms with Gasteiger partial charge in [0.2, 0.25) is 0 Å². The van der Waals surface area contributed by atoms with Crippen molar-refractivity contribution in [3.8, 4) is 0 Å². The lowest BCUT2D eigenvalue weighted by molar-refractivity contribution is -2.00. The SMILES string of the molecule is CCCN(CCC)c1ccc(N(c2ccc(N(CCC)CCC)cc2)c2ccc([NH+](c3ccc(N(CCC)CCC)cc3)c3ccc(N(CCC)CCC)cc3)cc2)cc1.[O-][Cl+3]([O-])([O-])[O-]. The van der Waals surface area contributed by atoms with E-state index < -0.39 is 10.2 Å². The third-order valence-electron chi connectivity index (χ3n) is 11.4. The number of rotatable bonds is 26. The van der Waals surface area contributed by atoms with Crippen LogP contribution < -0.4 is 48.0 Å². The summed E-state index contributed by atoms with van der Waals surface area (Å²) in [6.07, 6.45) is 9.12. The Balaban J connectivity index is 0.00000175. The molecular weight excluding hydrogens is 832 g/mol. The molecule has 0 atom stereocenters. The lowest BCUT2D eigenvalue weighted by Crippen LogP contribution is -2.96. The van der Waals surface area contributed by atoms with Crippen LogP contribution in [0.5, 0.6) is 0 Å². The Morgan fingerprint density at radius 1 is 0.292 bits per heavy atom. The highest BCUT2D eigenvalue weighted by atomic mass is 35.7. The minimum absolute atomic E-state index is 1.07. The topological polar surface area (TPSA) is 113 Å². The summed E-state index contributed by atoms with van der Waals surface area (Å²) >= 11 is 0. The van der Waals surface area contributed by atoms with Crippen LogP contribution in [0.3, 0.4) is 0 Å². The average molecular weight is 910 g/mol. The van der Waals surface area contributed by atoms with Gasteiger partial charge >= 0.3 is 0 Å². The molecule has 11 heteroatoms. The Morgan fingerprint density at radius 2 is 0.446 bits per heavy atom. The second-order valence-electron chi connectivity index (χ2n) is 16.7. The summed E-state index contributed by atoms with van der Waals surface area (Å²) in [6, 6.07) is 46.4. The highest BCUT2D eigenvalue weighted by molar-refractivity contribution is 5.79. The number of halogens is 1. The molecule has 354 valence electrons. The summed E-state index contributed by atoms with van der Waals surface area (Å²) in [5, 5.41) is 0. The van der Waals surface area contributed by atoms with Crippen LogP contribution in [0.25, 0.3) is 0 Å². The molecule has 0 bridgehead atoms. The van der Waals surface area contributed by atoms with Gasteiger partial charge in [-0.05, 0) is 136 Å². The van der Waals surface area contributed by atoms with Crippen molar-refractivity contribution in [1.29, 1.82) is 0 Å². The molecular formula is C54H77ClN6O4. The summed E-state index contributed by atoms with van der Waals surface area (Å²) in [5.41, 5.74) is 12.3. The van der Waals surface area contributed by atoms with Crippen LogP contribution in [-0.4, -0.2) is 52.4 Å². The first-order valence-corrected chi connectivity index (χ1v) is 25.5. The van der Waals surface area contributed by atoms with E-state index in [9.17, 15) is 0 Å². The van der Waals surface area contributed by atoms with Gasteiger partial charge in [-0.15, -0.1) is 10.2 Å². The van der Waals surface area contributed by atoms with Gasteiger partial charge in [-0.1, -0.05) is 55.4 Å². The Bertz CT molecular complexity index is 1740. The predicted molar refractivity (Wildman–Crippen MR) is 265 cm³/mol. The zero-order valence-corrected chi connectivity index (χ0v) is 41.4. The van der Waals surface area contributed by atoms with E-state index in [0.717, 1.165) is 121 Å². The van der Waals surface area contributed by atoms with E-state index in [1.807, 2.05) is 0 Å². The van der Waals surface area contributed by atoms with Crippen LogP contribution in [0.2, 0.25) is 0 Å². The van der Waals surface area contributed by atoms with Crippen LogP contribution >= 0.6 is 0 Å². The van der Waals surface area contributed by atoms with Gasteiger partial charge < -0.3 is 24.5 Å². The van der Waals surface area contributed by atoms with Gasteiger partial charge in [-0.3, -0.25) is 0 Å². The van der Waals surface area contributed by atoms with E-state index in [2.05, 4.69) is 201 Å². The fourth-order valence-corrected chi connectivity index (χ4v) is 8.67.